The van der Waals surface area contributed by atoms with Gasteiger partial charge in [-0.1, -0.05) is 0 Å². The average Bonchev–Trinajstić information content (AvgIpc) is 2.68. The van der Waals surface area contributed by atoms with Crippen LogP contribution in [0.15, 0.2) is 30.0 Å². The van der Waals surface area contributed by atoms with Crippen LogP contribution in [0.4, 0.5) is 5.69 Å². The van der Waals surface area contributed by atoms with Crippen molar-refractivity contribution in [3.8, 4) is 17.6 Å². The van der Waals surface area contributed by atoms with Crippen molar-refractivity contribution in [3.05, 3.63) is 30.0 Å². The summed E-state index contributed by atoms with van der Waals surface area (Å²) < 4.78 is 10.4. The summed E-state index contributed by atoms with van der Waals surface area (Å²) in [6, 6.07) is 6.94. The van der Waals surface area contributed by atoms with Gasteiger partial charge in [-0.05, 0) is 12.1 Å². The van der Waals surface area contributed by atoms with Gasteiger partial charge in [0, 0.05) is 57.2 Å². The van der Waals surface area contributed by atoms with E-state index in [2.05, 4.69) is 20.9 Å². The molecule has 1 saturated heterocycles. The fraction of sp³-hybridized carbons (Fsp3) is 0.444. The number of nitrogens with one attached hydrogen (secondary N) is 3. The van der Waals surface area contributed by atoms with Gasteiger partial charge in [0.2, 0.25) is 0 Å². The molecule has 26 heavy (non-hydrogen) atoms. The van der Waals surface area contributed by atoms with Crippen LogP contribution >= 0.6 is 0 Å². The number of methoxy groups -OCH3 is 2. The van der Waals surface area contributed by atoms with Crippen LogP contribution in [0.2, 0.25) is 0 Å². The maximum absolute atomic E-state index is 12.3. The van der Waals surface area contributed by atoms with Crippen molar-refractivity contribution in [1.82, 2.24) is 15.5 Å². The number of carbonyl (C=O) groups excluding carboxylic acids is 1. The van der Waals surface area contributed by atoms with Gasteiger partial charge in [0.05, 0.1) is 14.2 Å². The summed E-state index contributed by atoms with van der Waals surface area (Å²) in [6.07, 6.45) is 1.46. The summed E-state index contributed by atoms with van der Waals surface area (Å²) >= 11 is 0. The van der Waals surface area contributed by atoms with E-state index in [0.29, 0.717) is 23.7 Å². The molecule has 0 spiro atoms. The van der Waals surface area contributed by atoms with E-state index >= 15 is 0 Å². The topological polar surface area (TPSA) is 98.6 Å². The van der Waals surface area contributed by atoms with E-state index in [-0.39, 0.29) is 5.57 Å². The molecule has 2 rings (SSSR count). The second-order valence-corrected chi connectivity index (χ2v) is 5.74. The Hall–Kier alpha value is -2.76. The number of benzene rings is 1. The Labute approximate surface area is 153 Å². The Morgan fingerprint density at radius 3 is 2.69 bits per heavy atom. The SMILES string of the molecule is COc1ccc(NC(=O)/C(C#N)=C\NCCN2CCNCC2)cc1OC. The molecule has 1 fully saturated rings. The lowest BCUT2D eigenvalue weighted by Gasteiger charge is -2.26. The van der Waals surface area contributed by atoms with Gasteiger partial charge >= 0.3 is 0 Å². The van der Waals surface area contributed by atoms with Crippen LogP contribution in [0.1, 0.15) is 0 Å². The van der Waals surface area contributed by atoms with Crippen LogP contribution in [0.5, 0.6) is 11.5 Å². The molecule has 0 atom stereocenters. The molecule has 1 heterocycles. The van der Waals surface area contributed by atoms with Crippen LogP contribution in [-0.2, 0) is 4.79 Å². The van der Waals surface area contributed by atoms with E-state index in [9.17, 15) is 10.1 Å². The number of piperazine rings is 1. The number of anilines is 1. The third-order valence-corrected chi connectivity index (χ3v) is 4.03. The molecule has 1 aromatic carbocycles. The van der Waals surface area contributed by atoms with Crippen molar-refractivity contribution < 1.29 is 14.3 Å². The first-order valence-corrected chi connectivity index (χ1v) is 8.48. The monoisotopic (exact) mass is 359 g/mol. The number of nitriles is 1. The Kier molecular flexibility index (Phi) is 7.74. The summed E-state index contributed by atoms with van der Waals surface area (Å²) in [5, 5.41) is 18.2. The number of ether oxygens (including phenoxy) is 2. The Morgan fingerprint density at radius 1 is 1.31 bits per heavy atom. The zero-order chi connectivity index (χ0) is 18.8. The first-order valence-electron chi connectivity index (χ1n) is 8.48. The largest absolute Gasteiger partial charge is 0.493 e. The van der Waals surface area contributed by atoms with Crippen molar-refractivity contribution in [2.24, 2.45) is 0 Å². The maximum atomic E-state index is 12.3. The van der Waals surface area contributed by atoms with Crippen molar-refractivity contribution in [1.29, 1.82) is 5.26 Å². The lowest BCUT2D eigenvalue weighted by molar-refractivity contribution is -0.112. The highest BCUT2D eigenvalue weighted by Crippen LogP contribution is 2.29. The van der Waals surface area contributed by atoms with Crippen LogP contribution in [0, 0.1) is 11.3 Å². The van der Waals surface area contributed by atoms with Gasteiger partial charge in [0.25, 0.3) is 5.91 Å². The van der Waals surface area contributed by atoms with E-state index in [1.54, 1.807) is 25.3 Å². The third-order valence-electron chi connectivity index (χ3n) is 4.03. The minimum atomic E-state index is -0.477. The highest BCUT2D eigenvalue weighted by molar-refractivity contribution is 6.06. The van der Waals surface area contributed by atoms with Crippen molar-refractivity contribution >= 4 is 11.6 Å². The first-order chi connectivity index (χ1) is 12.7. The predicted octanol–water partition coefficient (Wildman–Crippen LogP) is 0.545. The molecule has 1 aliphatic rings. The normalized spacial score (nSPS) is 15.0. The Balaban J connectivity index is 1.88. The van der Waals surface area contributed by atoms with Gasteiger partial charge in [-0.25, -0.2) is 0 Å². The molecule has 0 aromatic heterocycles. The molecule has 1 amide bonds. The zero-order valence-electron chi connectivity index (χ0n) is 15.2. The number of rotatable bonds is 8. The molecule has 0 radical (unpaired) electrons. The average molecular weight is 359 g/mol. The van der Waals surface area contributed by atoms with Crippen LogP contribution < -0.4 is 25.4 Å². The molecule has 1 aromatic rings. The van der Waals surface area contributed by atoms with Gasteiger partial charge in [0.15, 0.2) is 11.5 Å². The number of hydrogen-bond donors (Lipinski definition) is 3. The fourth-order valence-electron chi connectivity index (χ4n) is 2.59. The lowest BCUT2D eigenvalue weighted by Crippen LogP contribution is -2.45. The Morgan fingerprint density at radius 2 is 2.04 bits per heavy atom. The molecule has 0 saturated carbocycles. The molecular weight excluding hydrogens is 334 g/mol. The molecule has 0 bridgehead atoms. The minimum Gasteiger partial charge on any atom is -0.493 e. The van der Waals surface area contributed by atoms with Gasteiger partial charge in [-0.15, -0.1) is 0 Å². The molecule has 0 aliphatic carbocycles. The summed E-state index contributed by atoms with van der Waals surface area (Å²) in [7, 11) is 3.06. The lowest BCUT2D eigenvalue weighted by atomic mass is 10.2. The highest BCUT2D eigenvalue weighted by atomic mass is 16.5. The van der Waals surface area contributed by atoms with Gasteiger partial charge in [-0.2, -0.15) is 5.26 Å². The quantitative estimate of drug-likeness (QED) is 0.354. The molecule has 3 N–H and O–H groups in total. The molecule has 8 heteroatoms. The summed E-state index contributed by atoms with van der Waals surface area (Å²) in [4.78, 5) is 14.6. The third kappa shape index (κ3) is 5.65. The van der Waals surface area contributed by atoms with E-state index in [1.807, 2.05) is 6.07 Å². The van der Waals surface area contributed by atoms with Crippen LogP contribution in [0.25, 0.3) is 0 Å². The molecule has 140 valence electrons. The van der Waals surface area contributed by atoms with Crippen molar-refractivity contribution in [2.45, 2.75) is 0 Å². The summed E-state index contributed by atoms with van der Waals surface area (Å²) in [5.41, 5.74) is 0.537. The molecular formula is C18H25N5O3. The number of amides is 1. The van der Waals surface area contributed by atoms with Crippen molar-refractivity contribution in [3.63, 3.8) is 0 Å². The van der Waals surface area contributed by atoms with Crippen LogP contribution in [0.3, 0.4) is 0 Å². The molecule has 1 aliphatic heterocycles. The Bertz CT molecular complexity index is 678. The van der Waals surface area contributed by atoms with Gasteiger partial charge in [-0.3, -0.25) is 9.69 Å². The fourth-order valence-corrected chi connectivity index (χ4v) is 2.59. The van der Waals surface area contributed by atoms with Gasteiger partial charge < -0.3 is 25.4 Å². The van der Waals surface area contributed by atoms with E-state index in [1.165, 1.54) is 13.3 Å². The first kappa shape index (κ1) is 19.6. The minimum absolute atomic E-state index is 0.0140. The molecule has 0 unspecified atom stereocenters. The summed E-state index contributed by atoms with van der Waals surface area (Å²) in [5.74, 6) is 0.590. The van der Waals surface area contributed by atoms with Gasteiger partial charge in [0.1, 0.15) is 11.6 Å². The highest BCUT2D eigenvalue weighted by Gasteiger charge is 2.12. The van der Waals surface area contributed by atoms with Crippen molar-refractivity contribution in [2.75, 3.05) is 58.8 Å². The second-order valence-electron chi connectivity index (χ2n) is 5.74. The van der Waals surface area contributed by atoms with Crippen LogP contribution in [-0.4, -0.2) is 64.3 Å². The van der Waals surface area contributed by atoms with E-state index in [0.717, 1.165) is 32.7 Å². The predicted molar refractivity (Wildman–Crippen MR) is 99.2 cm³/mol. The zero-order valence-corrected chi connectivity index (χ0v) is 15.2. The second kappa shape index (κ2) is 10.3. The standard InChI is InChI=1S/C18H25N5O3/c1-25-16-4-3-15(11-17(16)26-2)22-18(24)14(12-19)13-21-7-10-23-8-5-20-6-9-23/h3-4,11,13,20-21H,5-10H2,1-2H3,(H,22,24)/b14-13-. The smallest absolute Gasteiger partial charge is 0.267 e. The van der Waals surface area contributed by atoms with E-state index < -0.39 is 5.91 Å². The maximum Gasteiger partial charge on any atom is 0.267 e. The molecule has 8 nitrogen and oxygen atoms in total. The number of carbonyl (C=O) groups is 1. The number of hydrogen-bond acceptors (Lipinski definition) is 7. The summed E-state index contributed by atoms with van der Waals surface area (Å²) in [6.45, 7) is 5.55. The van der Waals surface area contributed by atoms with E-state index in [4.69, 9.17) is 9.47 Å². The number of nitrogens with zero attached hydrogens (tertiary/aromatic N) is 2.